The fourth-order valence-electron chi connectivity index (χ4n) is 1.83. The number of hydrogen-bond acceptors (Lipinski definition) is 5. The number of aliphatic imine (C=N–C) groups is 1. The average molecular weight is 457 g/mol. The number of nitrogens with zero attached hydrogens (tertiary/aromatic N) is 3. The average Bonchev–Trinajstić information content (AvgIpc) is 2.53. The zero-order valence-electron chi connectivity index (χ0n) is 12.0. The molecule has 0 aliphatic carbocycles. The van der Waals surface area contributed by atoms with Crippen molar-refractivity contribution in [1.82, 2.24) is 14.6 Å². The van der Waals surface area contributed by atoms with E-state index < -0.39 is 10.0 Å². The summed E-state index contributed by atoms with van der Waals surface area (Å²) in [6.45, 7) is 2.30. The van der Waals surface area contributed by atoms with Gasteiger partial charge in [0.15, 0.2) is 5.96 Å². The van der Waals surface area contributed by atoms with Gasteiger partial charge >= 0.3 is 0 Å². The Balaban J connectivity index is 0.00000242. The first-order valence-electron chi connectivity index (χ1n) is 6.62. The van der Waals surface area contributed by atoms with E-state index in [4.69, 9.17) is 5.73 Å². The molecule has 0 radical (unpaired) electrons. The van der Waals surface area contributed by atoms with Gasteiger partial charge in [0.1, 0.15) is 4.90 Å². The Morgan fingerprint density at radius 1 is 1.45 bits per heavy atom. The zero-order chi connectivity index (χ0) is 15.1. The number of aromatic nitrogens is 1. The van der Waals surface area contributed by atoms with Gasteiger partial charge in [-0.1, -0.05) is 0 Å². The summed E-state index contributed by atoms with van der Waals surface area (Å²) in [5.41, 5.74) is 5.89. The fourth-order valence-corrected chi connectivity index (χ4v) is 3.72. The summed E-state index contributed by atoms with van der Waals surface area (Å²) in [6.07, 6.45) is 2.84. The molecule has 1 aromatic heterocycles. The quantitative estimate of drug-likeness (QED) is 0.286. The number of hydrogen-bond donors (Lipinski definition) is 2. The van der Waals surface area contributed by atoms with Crippen molar-refractivity contribution in [1.29, 1.82) is 0 Å². The first kappa shape index (κ1) is 19.5. The lowest BCUT2D eigenvalue weighted by atomic mass is 10.5. The minimum Gasteiger partial charge on any atom is -0.370 e. The second kappa shape index (κ2) is 9.53. The number of rotatable bonds is 5. The van der Waals surface area contributed by atoms with Crippen molar-refractivity contribution in [2.24, 2.45) is 10.7 Å². The third-order valence-corrected chi connectivity index (χ3v) is 5.35. The van der Waals surface area contributed by atoms with E-state index in [2.05, 4.69) is 14.7 Å². The lowest BCUT2D eigenvalue weighted by Gasteiger charge is -2.27. The van der Waals surface area contributed by atoms with Crippen LogP contribution in [-0.4, -0.2) is 61.9 Å². The smallest absolute Gasteiger partial charge is 0.242 e. The molecule has 0 unspecified atom stereocenters. The molecule has 124 valence electrons. The normalized spacial score (nSPS) is 16.2. The molecule has 0 saturated carbocycles. The van der Waals surface area contributed by atoms with Crippen LogP contribution in [0.1, 0.15) is 0 Å². The lowest BCUT2D eigenvalue weighted by Crippen LogP contribution is -2.43. The largest absolute Gasteiger partial charge is 0.370 e. The molecule has 3 N–H and O–H groups in total. The Morgan fingerprint density at radius 3 is 2.82 bits per heavy atom. The molecule has 1 aliphatic rings. The molecule has 0 bridgehead atoms. The van der Waals surface area contributed by atoms with Gasteiger partial charge in [-0.15, -0.1) is 24.0 Å². The molecular formula is C12H20IN5O2S2. The molecule has 22 heavy (non-hydrogen) atoms. The van der Waals surface area contributed by atoms with Crippen molar-refractivity contribution < 1.29 is 8.42 Å². The highest BCUT2D eigenvalue weighted by atomic mass is 127. The van der Waals surface area contributed by atoms with Gasteiger partial charge in [0.2, 0.25) is 10.0 Å². The van der Waals surface area contributed by atoms with Crippen molar-refractivity contribution in [2.75, 3.05) is 37.7 Å². The van der Waals surface area contributed by atoms with Gasteiger partial charge in [0.25, 0.3) is 0 Å². The SMILES string of the molecule is I.NC(=NCCNS(=O)(=O)c1cccnc1)N1CCSCC1. The maximum Gasteiger partial charge on any atom is 0.242 e. The second-order valence-corrected chi connectivity index (χ2v) is 7.42. The minimum atomic E-state index is -3.52. The molecule has 1 fully saturated rings. The molecule has 0 spiro atoms. The number of pyridine rings is 1. The van der Waals surface area contributed by atoms with Crippen molar-refractivity contribution in [2.45, 2.75) is 4.90 Å². The number of thioether (sulfide) groups is 1. The first-order chi connectivity index (χ1) is 10.1. The third kappa shape index (κ3) is 5.89. The van der Waals surface area contributed by atoms with Crippen molar-refractivity contribution in [3.05, 3.63) is 24.5 Å². The molecule has 7 nitrogen and oxygen atoms in total. The lowest BCUT2D eigenvalue weighted by molar-refractivity contribution is 0.456. The second-order valence-electron chi connectivity index (χ2n) is 4.43. The number of halogens is 1. The fraction of sp³-hybridized carbons (Fsp3) is 0.500. The molecule has 1 saturated heterocycles. The summed E-state index contributed by atoms with van der Waals surface area (Å²) in [7, 11) is -3.52. The van der Waals surface area contributed by atoms with Gasteiger partial charge in [0, 0.05) is 43.5 Å². The van der Waals surface area contributed by atoms with E-state index in [0.29, 0.717) is 12.5 Å². The van der Waals surface area contributed by atoms with Crippen LogP contribution in [0.3, 0.4) is 0 Å². The molecule has 0 amide bonds. The van der Waals surface area contributed by atoms with Gasteiger partial charge in [-0.3, -0.25) is 9.98 Å². The topological polar surface area (TPSA) is 101 Å². The Kier molecular flexibility index (Phi) is 8.43. The number of sulfonamides is 1. The number of nitrogens with two attached hydrogens (primary N) is 1. The van der Waals surface area contributed by atoms with E-state index >= 15 is 0 Å². The predicted octanol–water partition coefficient (Wildman–Crippen LogP) is 0.341. The molecule has 1 aromatic rings. The van der Waals surface area contributed by atoms with E-state index in [-0.39, 0.29) is 35.4 Å². The Labute approximate surface area is 152 Å². The molecule has 2 rings (SSSR count). The van der Waals surface area contributed by atoms with E-state index in [9.17, 15) is 8.42 Å². The molecule has 2 heterocycles. The monoisotopic (exact) mass is 457 g/mol. The van der Waals surface area contributed by atoms with Crippen LogP contribution < -0.4 is 10.5 Å². The highest BCUT2D eigenvalue weighted by molar-refractivity contribution is 14.0. The van der Waals surface area contributed by atoms with Crippen LogP contribution in [0.5, 0.6) is 0 Å². The van der Waals surface area contributed by atoms with Crippen LogP contribution >= 0.6 is 35.7 Å². The summed E-state index contributed by atoms with van der Waals surface area (Å²) in [5.74, 6) is 2.57. The Morgan fingerprint density at radius 2 is 2.18 bits per heavy atom. The van der Waals surface area contributed by atoms with Gasteiger partial charge < -0.3 is 10.6 Å². The summed E-state index contributed by atoms with van der Waals surface area (Å²) < 4.78 is 26.3. The van der Waals surface area contributed by atoms with Gasteiger partial charge in [0.05, 0.1) is 6.54 Å². The maximum absolute atomic E-state index is 11.9. The van der Waals surface area contributed by atoms with Gasteiger partial charge in [-0.25, -0.2) is 13.1 Å². The summed E-state index contributed by atoms with van der Waals surface area (Å²) in [6, 6.07) is 3.08. The molecule has 0 aromatic carbocycles. The van der Waals surface area contributed by atoms with E-state index in [1.54, 1.807) is 6.07 Å². The van der Waals surface area contributed by atoms with Crippen LogP contribution in [0.25, 0.3) is 0 Å². The van der Waals surface area contributed by atoms with E-state index in [1.165, 1.54) is 18.5 Å². The number of nitrogens with one attached hydrogen (secondary N) is 1. The number of guanidine groups is 1. The predicted molar refractivity (Wildman–Crippen MR) is 100 cm³/mol. The van der Waals surface area contributed by atoms with Crippen molar-refractivity contribution in [3.63, 3.8) is 0 Å². The standard InChI is InChI=1S/C12H19N5O2S2.HI/c13-12(17-6-8-20-9-7-17)15-4-5-16-21(18,19)11-2-1-3-14-10-11;/h1-3,10,16H,4-9H2,(H2,13,15);1H. The summed E-state index contributed by atoms with van der Waals surface area (Å²) >= 11 is 1.90. The maximum atomic E-state index is 11.9. The van der Waals surface area contributed by atoms with Crippen LogP contribution in [0.15, 0.2) is 34.4 Å². The van der Waals surface area contributed by atoms with E-state index in [1.807, 2.05) is 16.7 Å². The van der Waals surface area contributed by atoms with Crippen LogP contribution in [0.2, 0.25) is 0 Å². The van der Waals surface area contributed by atoms with Gasteiger partial charge in [-0.05, 0) is 12.1 Å². The van der Waals surface area contributed by atoms with Crippen LogP contribution in [-0.2, 0) is 10.0 Å². The molecule has 1 aliphatic heterocycles. The Hall–Kier alpha value is -0.590. The highest BCUT2D eigenvalue weighted by Crippen LogP contribution is 2.08. The van der Waals surface area contributed by atoms with Crippen LogP contribution in [0.4, 0.5) is 0 Å². The molecular weight excluding hydrogens is 437 g/mol. The summed E-state index contributed by atoms with van der Waals surface area (Å²) in [5, 5.41) is 0. The third-order valence-electron chi connectivity index (χ3n) is 2.96. The van der Waals surface area contributed by atoms with Crippen LogP contribution in [0, 0.1) is 0 Å². The van der Waals surface area contributed by atoms with Gasteiger partial charge in [-0.2, -0.15) is 11.8 Å². The first-order valence-corrected chi connectivity index (χ1v) is 9.26. The van der Waals surface area contributed by atoms with E-state index in [0.717, 1.165) is 24.6 Å². The minimum absolute atomic E-state index is 0. The highest BCUT2D eigenvalue weighted by Gasteiger charge is 2.14. The van der Waals surface area contributed by atoms with Crippen molar-refractivity contribution in [3.8, 4) is 0 Å². The zero-order valence-corrected chi connectivity index (χ0v) is 16.0. The Bertz CT molecular complexity index is 576. The van der Waals surface area contributed by atoms with Crippen molar-refractivity contribution >= 4 is 51.7 Å². The molecule has 0 atom stereocenters. The summed E-state index contributed by atoms with van der Waals surface area (Å²) in [4.78, 5) is 10.2. The molecule has 10 heteroatoms.